The number of likely N-dealkylation sites (tertiary alicyclic amines) is 1. The van der Waals surface area contributed by atoms with Gasteiger partial charge in [-0.05, 0) is 38.3 Å². The number of aromatic nitrogens is 3. The molecule has 1 N–H and O–H groups in total. The molecule has 7 nitrogen and oxygen atoms in total. The van der Waals surface area contributed by atoms with E-state index < -0.39 is 0 Å². The minimum absolute atomic E-state index is 0.0800. The summed E-state index contributed by atoms with van der Waals surface area (Å²) in [5.74, 6) is 1.93. The van der Waals surface area contributed by atoms with Crippen LogP contribution in [0.15, 0.2) is 24.5 Å². The smallest absolute Gasteiger partial charge is 0.321 e. The first-order valence-corrected chi connectivity index (χ1v) is 8.70. The molecule has 1 saturated heterocycles. The first-order chi connectivity index (χ1) is 12.1. The van der Waals surface area contributed by atoms with Gasteiger partial charge in [-0.1, -0.05) is 6.07 Å². The second-order valence-electron chi connectivity index (χ2n) is 6.37. The number of benzene rings is 1. The van der Waals surface area contributed by atoms with Gasteiger partial charge in [-0.25, -0.2) is 4.79 Å². The zero-order valence-electron chi connectivity index (χ0n) is 15.0. The molecule has 1 aliphatic rings. The Labute approximate surface area is 148 Å². The van der Waals surface area contributed by atoms with Crippen LogP contribution in [0.2, 0.25) is 0 Å². The highest BCUT2D eigenvalue weighted by Gasteiger charge is 2.28. The number of carbonyl (C=O) groups excluding carboxylic acids is 1. The van der Waals surface area contributed by atoms with Gasteiger partial charge < -0.3 is 19.5 Å². The number of anilines is 1. The summed E-state index contributed by atoms with van der Waals surface area (Å²) in [6, 6.07) is 5.60. The molecule has 1 fully saturated rings. The summed E-state index contributed by atoms with van der Waals surface area (Å²) in [5.41, 5.74) is 1.79. The van der Waals surface area contributed by atoms with Crippen molar-refractivity contribution in [3.8, 4) is 5.75 Å². The zero-order valence-corrected chi connectivity index (χ0v) is 15.0. The van der Waals surface area contributed by atoms with Gasteiger partial charge in [0.25, 0.3) is 0 Å². The first kappa shape index (κ1) is 17.3. The molecule has 1 aromatic heterocycles. The van der Waals surface area contributed by atoms with Gasteiger partial charge in [-0.3, -0.25) is 0 Å². The maximum atomic E-state index is 12.7. The van der Waals surface area contributed by atoms with Gasteiger partial charge in [0.15, 0.2) is 0 Å². The number of rotatable bonds is 4. The van der Waals surface area contributed by atoms with Crippen molar-refractivity contribution in [1.29, 1.82) is 0 Å². The number of hydrogen-bond acceptors (Lipinski definition) is 4. The summed E-state index contributed by atoms with van der Waals surface area (Å²) >= 11 is 0. The predicted molar refractivity (Wildman–Crippen MR) is 96.0 cm³/mol. The summed E-state index contributed by atoms with van der Waals surface area (Å²) < 4.78 is 7.30. The molecule has 25 heavy (non-hydrogen) atoms. The maximum absolute atomic E-state index is 12.7. The Morgan fingerprint density at radius 1 is 1.44 bits per heavy atom. The fourth-order valence-corrected chi connectivity index (χ4v) is 3.25. The average Bonchev–Trinajstić information content (AvgIpc) is 3.12. The maximum Gasteiger partial charge on any atom is 0.321 e. The SMILES string of the molecule is CCn1cnnc1[C@@H]1CCCN(C(=O)Nc2cc(OC)ccc2C)C1. The van der Waals surface area contributed by atoms with E-state index in [-0.39, 0.29) is 11.9 Å². The number of hydrogen-bond donors (Lipinski definition) is 1. The third kappa shape index (κ3) is 3.75. The van der Waals surface area contributed by atoms with Crippen LogP contribution in [-0.4, -0.2) is 45.9 Å². The Morgan fingerprint density at radius 3 is 3.04 bits per heavy atom. The van der Waals surface area contributed by atoms with Gasteiger partial charge in [-0.15, -0.1) is 10.2 Å². The number of carbonyl (C=O) groups is 1. The van der Waals surface area contributed by atoms with Gasteiger partial charge >= 0.3 is 6.03 Å². The molecule has 0 unspecified atom stereocenters. The Balaban J connectivity index is 1.70. The Kier molecular flexibility index (Phi) is 5.21. The first-order valence-electron chi connectivity index (χ1n) is 8.70. The third-order valence-electron chi connectivity index (χ3n) is 4.75. The molecule has 2 aromatic rings. The number of ether oxygens (including phenoxy) is 1. The fraction of sp³-hybridized carbons (Fsp3) is 0.500. The van der Waals surface area contributed by atoms with Crippen molar-refractivity contribution in [3.05, 3.63) is 35.9 Å². The van der Waals surface area contributed by atoms with Crippen molar-refractivity contribution < 1.29 is 9.53 Å². The Bertz CT molecular complexity index is 743. The topological polar surface area (TPSA) is 72.3 Å². The number of nitrogens with one attached hydrogen (secondary N) is 1. The molecule has 134 valence electrons. The van der Waals surface area contributed by atoms with Crippen LogP contribution in [0.25, 0.3) is 0 Å². The molecule has 1 aromatic carbocycles. The van der Waals surface area contributed by atoms with E-state index in [1.54, 1.807) is 13.4 Å². The van der Waals surface area contributed by atoms with Crippen LogP contribution in [0, 0.1) is 6.92 Å². The van der Waals surface area contributed by atoms with Crippen LogP contribution in [0.4, 0.5) is 10.5 Å². The summed E-state index contributed by atoms with van der Waals surface area (Å²) in [7, 11) is 1.62. The lowest BCUT2D eigenvalue weighted by atomic mass is 9.97. The highest BCUT2D eigenvalue weighted by molar-refractivity contribution is 5.90. The van der Waals surface area contributed by atoms with Crippen molar-refractivity contribution in [3.63, 3.8) is 0 Å². The van der Waals surface area contributed by atoms with Gasteiger partial charge in [0.05, 0.1) is 7.11 Å². The van der Waals surface area contributed by atoms with Crippen LogP contribution in [0.5, 0.6) is 5.75 Å². The monoisotopic (exact) mass is 343 g/mol. The number of nitrogens with zero attached hydrogens (tertiary/aromatic N) is 4. The van der Waals surface area contributed by atoms with Crippen molar-refractivity contribution in [1.82, 2.24) is 19.7 Å². The molecular weight excluding hydrogens is 318 g/mol. The van der Waals surface area contributed by atoms with Gasteiger partial charge in [0.1, 0.15) is 17.9 Å². The van der Waals surface area contributed by atoms with E-state index in [9.17, 15) is 4.79 Å². The normalized spacial score (nSPS) is 17.4. The molecule has 0 bridgehead atoms. The van der Waals surface area contributed by atoms with Crippen LogP contribution < -0.4 is 10.1 Å². The van der Waals surface area contributed by atoms with Gasteiger partial charge in [-0.2, -0.15) is 0 Å². The van der Waals surface area contributed by atoms with Crippen molar-refractivity contribution >= 4 is 11.7 Å². The van der Waals surface area contributed by atoms with Crippen LogP contribution in [-0.2, 0) is 6.54 Å². The zero-order chi connectivity index (χ0) is 17.8. The molecule has 0 spiro atoms. The summed E-state index contributed by atoms with van der Waals surface area (Å²) in [5, 5.41) is 11.3. The molecule has 2 heterocycles. The Hall–Kier alpha value is -2.57. The molecule has 1 atom stereocenters. The van der Waals surface area contributed by atoms with E-state index in [2.05, 4.69) is 27.0 Å². The molecule has 7 heteroatoms. The number of urea groups is 1. The van der Waals surface area contributed by atoms with E-state index in [1.165, 1.54) is 0 Å². The van der Waals surface area contributed by atoms with E-state index in [1.807, 2.05) is 30.0 Å². The number of piperidine rings is 1. The van der Waals surface area contributed by atoms with Crippen molar-refractivity contribution in [2.75, 3.05) is 25.5 Å². The van der Waals surface area contributed by atoms with E-state index in [4.69, 9.17) is 4.74 Å². The minimum atomic E-state index is -0.0800. The van der Waals surface area contributed by atoms with E-state index in [0.29, 0.717) is 6.54 Å². The second kappa shape index (κ2) is 7.55. The highest BCUT2D eigenvalue weighted by Crippen LogP contribution is 2.27. The molecule has 3 rings (SSSR count). The second-order valence-corrected chi connectivity index (χ2v) is 6.37. The van der Waals surface area contributed by atoms with Crippen molar-refractivity contribution in [2.24, 2.45) is 0 Å². The summed E-state index contributed by atoms with van der Waals surface area (Å²) in [6.45, 7) is 6.30. The molecule has 1 aliphatic heterocycles. The van der Waals surface area contributed by atoms with Gasteiger partial charge in [0, 0.05) is 37.3 Å². The highest BCUT2D eigenvalue weighted by atomic mass is 16.5. The average molecular weight is 343 g/mol. The fourth-order valence-electron chi connectivity index (χ4n) is 3.25. The molecule has 0 saturated carbocycles. The minimum Gasteiger partial charge on any atom is -0.497 e. The summed E-state index contributed by atoms with van der Waals surface area (Å²) in [4.78, 5) is 14.6. The quantitative estimate of drug-likeness (QED) is 0.926. The molecule has 0 aliphatic carbocycles. The lowest BCUT2D eigenvalue weighted by Gasteiger charge is -2.32. The predicted octanol–water partition coefficient (Wildman–Crippen LogP) is 3.03. The van der Waals surface area contributed by atoms with Crippen LogP contribution in [0.3, 0.4) is 0 Å². The van der Waals surface area contributed by atoms with Crippen LogP contribution in [0.1, 0.15) is 37.1 Å². The third-order valence-corrected chi connectivity index (χ3v) is 4.75. The molecular formula is C18H25N5O2. The molecule has 2 amide bonds. The molecule has 0 radical (unpaired) electrons. The van der Waals surface area contributed by atoms with E-state index >= 15 is 0 Å². The number of methoxy groups -OCH3 is 1. The lowest BCUT2D eigenvalue weighted by Crippen LogP contribution is -2.42. The standard InChI is InChI=1S/C18H25N5O2/c1-4-22-12-19-21-17(22)14-6-5-9-23(11-14)18(24)20-16-10-15(25-3)8-7-13(16)2/h7-8,10,12,14H,4-6,9,11H2,1-3H3,(H,20,24)/t14-/m1/s1. The summed E-state index contributed by atoms with van der Waals surface area (Å²) in [6.07, 6.45) is 3.75. The van der Waals surface area contributed by atoms with Crippen LogP contribution >= 0.6 is 0 Å². The van der Waals surface area contributed by atoms with E-state index in [0.717, 1.165) is 48.8 Å². The van der Waals surface area contributed by atoms with Crippen molar-refractivity contribution in [2.45, 2.75) is 39.2 Å². The lowest BCUT2D eigenvalue weighted by molar-refractivity contribution is 0.190. The Morgan fingerprint density at radius 2 is 2.28 bits per heavy atom. The number of amides is 2. The largest absolute Gasteiger partial charge is 0.497 e. The van der Waals surface area contributed by atoms with Gasteiger partial charge in [0.2, 0.25) is 0 Å². The number of aryl methyl sites for hydroxylation is 2.